The Balaban J connectivity index is 1.53. The molecule has 1 aliphatic rings. The van der Waals surface area contributed by atoms with Crippen LogP contribution in [0.3, 0.4) is 0 Å². The molecule has 0 saturated carbocycles. The Hall–Kier alpha value is -0.910. The van der Waals surface area contributed by atoms with Crippen LogP contribution in [0.5, 0.6) is 0 Å². The van der Waals surface area contributed by atoms with Crippen LogP contribution in [0.2, 0.25) is 0 Å². The van der Waals surface area contributed by atoms with Gasteiger partial charge in [-0.15, -0.1) is 22.7 Å². The predicted octanol–water partition coefficient (Wildman–Crippen LogP) is 2.83. The molecule has 18 heavy (non-hydrogen) atoms. The molecule has 1 aliphatic heterocycles. The van der Waals surface area contributed by atoms with E-state index in [0.29, 0.717) is 6.04 Å². The molecule has 3 rings (SSSR count). The third-order valence-electron chi connectivity index (χ3n) is 3.30. The van der Waals surface area contributed by atoms with Crippen LogP contribution in [0.4, 0.5) is 0 Å². The maximum Gasteiger partial charge on any atom is 0.261 e. The largest absolute Gasteiger partial charge is 0.351 e. The normalized spacial score (nSPS) is 19.4. The smallest absolute Gasteiger partial charge is 0.261 e. The van der Waals surface area contributed by atoms with Crippen molar-refractivity contribution in [3.05, 3.63) is 22.4 Å². The zero-order chi connectivity index (χ0) is 12.4. The van der Waals surface area contributed by atoms with Gasteiger partial charge in [-0.25, -0.2) is 0 Å². The minimum absolute atomic E-state index is 0.0707. The van der Waals surface area contributed by atoms with E-state index < -0.39 is 0 Å². The van der Waals surface area contributed by atoms with Gasteiger partial charge in [-0.05, 0) is 43.3 Å². The number of fused-ring (bicyclic) bond motifs is 1. The fourth-order valence-electron chi connectivity index (χ4n) is 2.33. The lowest BCUT2D eigenvalue weighted by molar-refractivity contribution is 0.0956. The molecule has 1 fully saturated rings. The van der Waals surface area contributed by atoms with Crippen LogP contribution in [-0.2, 0) is 0 Å². The zero-order valence-electron chi connectivity index (χ0n) is 10.1. The molecule has 2 aromatic rings. The maximum atomic E-state index is 12.0. The van der Waals surface area contributed by atoms with Crippen LogP contribution in [0.25, 0.3) is 9.40 Å². The maximum absolute atomic E-state index is 12.0. The summed E-state index contributed by atoms with van der Waals surface area (Å²) in [5, 5.41) is 8.52. The van der Waals surface area contributed by atoms with Crippen molar-refractivity contribution >= 4 is 38.0 Å². The summed E-state index contributed by atoms with van der Waals surface area (Å²) in [5.41, 5.74) is 0. The molecule has 0 spiro atoms. The Kier molecular flexibility index (Phi) is 3.63. The highest BCUT2D eigenvalue weighted by Gasteiger charge is 2.15. The van der Waals surface area contributed by atoms with Gasteiger partial charge in [0.25, 0.3) is 5.91 Å². The monoisotopic (exact) mass is 280 g/mol. The molecule has 5 heteroatoms. The summed E-state index contributed by atoms with van der Waals surface area (Å²) in [6.45, 7) is 1.89. The Labute approximate surface area is 114 Å². The summed E-state index contributed by atoms with van der Waals surface area (Å²) >= 11 is 3.27. The van der Waals surface area contributed by atoms with Gasteiger partial charge in [-0.1, -0.05) is 0 Å². The van der Waals surface area contributed by atoms with E-state index in [0.717, 1.165) is 24.4 Å². The van der Waals surface area contributed by atoms with E-state index in [2.05, 4.69) is 22.1 Å². The number of hydrogen-bond donors (Lipinski definition) is 2. The van der Waals surface area contributed by atoms with Gasteiger partial charge < -0.3 is 10.6 Å². The summed E-state index contributed by atoms with van der Waals surface area (Å²) < 4.78 is 2.42. The summed E-state index contributed by atoms with van der Waals surface area (Å²) in [5.74, 6) is 0.0707. The molecule has 1 atom stereocenters. The molecule has 2 aromatic heterocycles. The van der Waals surface area contributed by atoms with Gasteiger partial charge in [0.2, 0.25) is 0 Å². The number of nitrogens with one attached hydrogen (secondary N) is 2. The van der Waals surface area contributed by atoms with Crippen LogP contribution in [0.1, 0.15) is 28.9 Å². The number of hydrogen-bond acceptors (Lipinski definition) is 4. The first-order valence-corrected chi connectivity index (χ1v) is 8.01. The lowest BCUT2D eigenvalue weighted by Gasteiger charge is -2.09. The van der Waals surface area contributed by atoms with Crippen molar-refractivity contribution < 1.29 is 4.79 Å². The van der Waals surface area contributed by atoms with Crippen LogP contribution in [-0.4, -0.2) is 25.0 Å². The molecule has 3 nitrogen and oxygen atoms in total. The zero-order valence-corrected chi connectivity index (χ0v) is 11.7. The predicted molar refractivity (Wildman–Crippen MR) is 77.7 cm³/mol. The Morgan fingerprint density at radius 3 is 3.22 bits per heavy atom. The molecule has 0 aromatic carbocycles. The van der Waals surface area contributed by atoms with E-state index >= 15 is 0 Å². The lowest BCUT2D eigenvalue weighted by Crippen LogP contribution is -2.30. The van der Waals surface area contributed by atoms with Crippen LogP contribution in [0, 0.1) is 0 Å². The number of amides is 1. The van der Waals surface area contributed by atoms with Crippen molar-refractivity contribution in [1.82, 2.24) is 10.6 Å². The van der Waals surface area contributed by atoms with Crippen molar-refractivity contribution in [2.45, 2.75) is 25.3 Å². The molecule has 0 aliphatic carbocycles. The Morgan fingerprint density at radius 2 is 2.44 bits per heavy atom. The van der Waals surface area contributed by atoms with Gasteiger partial charge in [-0.3, -0.25) is 4.79 Å². The second-order valence-electron chi connectivity index (χ2n) is 4.60. The third-order valence-corrected chi connectivity index (χ3v) is 5.40. The fraction of sp³-hybridized carbons (Fsp3) is 0.462. The number of carbonyl (C=O) groups excluding carboxylic acids is 1. The number of rotatable bonds is 4. The summed E-state index contributed by atoms with van der Waals surface area (Å²) in [6.07, 6.45) is 3.54. The Morgan fingerprint density at radius 1 is 1.50 bits per heavy atom. The second kappa shape index (κ2) is 5.38. The van der Waals surface area contributed by atoms with Gasteiger partial charge in [0.15, 0.2) is 0 Å². The van der Waals surface area contributed by atoms with E-state index in [9.17, 15) is 4.79 Å². The van der Waals surface area contributed by atoms with Crippen LogP contribution in [0.15, 0.2) is 17.5 Å². The summed E-state index contributed by atoms with van der Waals surface area (Å²) in [7, 11) is 0. The number of carbonyl (C=O) groups is 1. The SMILES string of the molecule is O=C(NCCC1CCCN1)c1cc2sccc2s1. The van der Waals surface area contributed by atoms with Crippen molar-refractivity contribution in [2.24, 2.45) is 0 Å². The highest BCUT2D eigenvalue weighted by molar-refractivity contribution is 7.27. The molecule has 2 N–H and O–H groups in total. The molecule has 1 unspecified atom stereocenters. The quantitative estimate of drug-likeness (QED) is 0.904. The van der Waals surface area contributed by atoms with E-state index in [1.807, 2.05) is 6.07 Å². The fourth-order valence-corrected chi connectivity index (χ4v) is 4.35. The minimum Gasteiger partial charge on any atom is -0.351 e. The van der Waals surface area contributed by atoms with Crippen LogP contribution < -0.4 is 10.6 Å². The summed E-state index contributed by atoms with van der Waals surface area (Å²) in [6, 6.07) is 4.66. The minimum atomic E-state index is 0.0707. The van der Waals surface area contributed by atoms with Crippen molar-refractivity contribution in [1.29, 1.82) is 0 Å². The van der Waals surface area contributed by atoms with E-state index in [-0.39, 0.29) is 5.91 Å². The van der Waals surface area contributed by atoms with E-state index in [1.54, 1.807) is 22.7 Å². The standard InChI is InChI=1S/C13H16N2OS2/c16-13(15-6-3-9-2-1-5-14-9)12-8-11-10(18-12)4-7-17-11/h4,7-9,14H,1-3,5-6H2,(H,15,16). The highest BCUT2D eigenvalue weighted by atomic mass is 32.1. The summed E-state index contributed by atoms with van der Waals surface area (Å²) in [4.78, 5) is 12.8. The first-order chi connectivity index (χ1) is 8.83. The van der Waals surface area contributed by atoms with Gasteiger partial charge in [0, 0.05) is 22.0 Å². The molecular weight excluding hydrogens is 264 g/mol. The van der Waals surface area contributed by atoms with Gasteiger partial charge >= 0.3 is 0 Å². The van der Waals surface area contributed by atoms with Crippen molar-refractivity contribution in [3.8, 4) is 0 Å². The van der Waals surface area contributed by atoms with Gasteiger partial charge in [0.05, 0.1) is 4.88 Å². The molecule has 1 saturated heterocycles. The van der Waals surface area contributed by atoms with E-state index in [4.69, 9.17) is 0 Å². The molecule has 96 valence electrons. The van der Waals surface area contributed by atoms with Crippen LogP contribution >= 0.6 is 22.7 Å². The lowest BCUT2D eigenvalue weighted by atomic mass is 10.1. The Bertz CT molecular complexity index is 511. The average Bonchev–Trinajstić information content (AvgIpc) is 3.04. The van der Waals surface area contributed by atoms with Crippen molar-refractivity contribution in [2.75, 3.05) is 13.1 Å². The van der Waals surface area contributed by atoms with E-state index in [1.165, 1.54) is 22.2 Å². The topological polar surface area (TPSA) is 41.1 Å². The van der Waals surface area contributed by atoms with Crippen molar-refractivity contribution in [3.63, 3.8) is 0 Å². The molecule has 0 bridgehead atoms. The molecular formula is C13H16N2OS2. The first-order valence-electron chi connectivity index (χ1n) is 6.31. The second-order valence-corrected chi connectivity index (χ2v) is 6.63. The molecule has 3 heterocycles. The molecule has 0 radical (unpaired) electrons. The average molecular weight is 280 g/mol. The van der Waals surface area contributed by atoms with Gasteiger partial charge in [-0.2, -0.15) is 0 Å². The molecule has 1 amide bonds. The van der Waals surface area contributed by atoms with Gasteiger partial charge in [0.1, 0.15) is 0 Å². The third kappa shape index (κ3) is 2.58. The highest BCUT2D eigenvalue weighted by Crippen LogP contribution is 2.29. The first kappa shape index (κ1) is 12.1. The number of thiophene rings is 2.